The average molecular weight is 378 g/mol. The van der Waals surface area contributed by atoms with Gasteiger partial charge in [-0.05, 0) is 35.9 Å². The van der Waals surface area contributed by atoms with Gasteiger partial charge in [0.1, 0.15) is 0 Å². The molecule has 0 fully saturated rings. The maximum atomic E-state index is 12.3. The van der Waals surface area contributed by atoms with Crippen molar-refractivity contribution in [1.82, 2.24) is 14.7 Å². The van der Waals surface area contributed by atoms with E-state index in [2.05, 4.69) is 30.6 Å². The number of rotatable bonds is 4. The number of aromatic nitrogens is 2. The summed E-state index contributed by atoms with van der Waals surface area (Å²) in [6.45, 7) is 0.230. The Hall–Kier alpha value is -1.83. The highest BCUT2D eigenvalue weighted by Crippen LogP contribution is 2.16. The van der Waals surface area contributed by atoms with Crippen LogP contribution in [-0.2, 0) is 16.6 Å². The van der Waals surface area contributed by atoms with Gasteiger partial charge in [0.2, 0.25) is 10.0 Å². The number of sulfonamides is 1. The van der Waals surface area contributed by atoms with Gasteiger partial charge >= 0.3 is 0 Å². The molecule has 0 atom stereocenters. The molecule has 5 nitrogen and oxygen atoms in total. The summed E-state index contributed by atoms with van der Waals surface area (Å²) in [5.41, 5.74) is 2.09. The Morgan fingerprint density at radius 1 is 0.955 bits per heavy atom. The minimum Gasteiger partial charge on any atom is -0.253 e. The summed E-state index contributed by atoms with van der Waals surface area (Å²) in [7, 11) is -3.59. The highest BCUT2D eigenvalue weighted by molar-refractivity contribution is 9.10. The lowest BCUT2D eigenvalue weighted by Gasteiger charge is -2.07. The Bertz CT molecular complexity index is 911. The van der Waals surface area contributed by atoms with Gasteiger partial charge < -0.3 is 0 Å². The van der Waals surface area contributed by atoms with E-state index in [1.807, 2.05) is 24.3 Å². The molecule has 2 aromatic carbocycles. The molecular weight excluding hydrogens is 366 g/mol. The molecule has 1 aromatic heterocycles. The zero-order chi connectivity index (χ0) is 15.6. The van der Waals surface area contributed by atoms with Crippen LogP contribution in [0.25, 0.3) is 11.0 Å². The number of nitrogens with zero attached hydrogens (tertiary/aromatic N) is 2. The molecule has 3 aromatic rings. The molecule has 0 aliphatic carbocycles. The van der Waals surface area contributed by atoms with E-state index in [4.69, 9.17) is 0 Å². The third-order valence-electron chi connectivity index (χ3n) is 3.13. The van der Waals surface area contributed by atoms with Crippen LogP contribution in [0.15, 0.2) is 64.2 Å². The minimum absolute atomic E-state index is 0.178. The number of nitrogens with one attached hydrogen (secondary N) is 1. The summed E-state index contributed by atoms with van der Waals surface area (Å²) < 4.78 is 28.2. The van der Waals surface area contributed by atoms with Crippen molar-refractivity contribution in [3.63, 3.8) is 0 Å². The molecule has 0 saturated carbocycles. The van der Waals surface area contributed by atoms with Crippen LogP contribution in [0.5, 0.6) is 0 Å². The highest BCUT2D eigenvalue weighted by atomic mass is 79.9. The molecule has 0 spiro atoms. The Kier molecular flexibility index (Phi) is 4.19. The predicted molar refractivity (Wildman–Crippen MR) is 87.7 cm³/mol. The molecule has 1 N–H and O–H groups in total. The second kappa shape index (κ2) is 6.12. The van der Waals surface area contributed by atoms with Crippen LogP contribution >= 0.6 is 15.9 Å². The second-order valence-corrected chi connectivity index (χ2v) is 7.34. The van der Waals surface area contributed by atoms with Crippen molar-refractivity contribution < 1.29 is 8.42 Å². The van der Waals surface area contributed by atoms with Crippen LogP contribution in [0.1, 0.15) is 5.56 Å². The normalized spacial score (nSPS) is 11.7. The first-order valence-corrected chi connectivity index (χ1v) is 8.77. The van der Waals surface area contributed by atoms with E-state index in [-0.39, 0.29) is 11.4 Å². The largest absolute Gasteiger partial charge is 0.253 e. The molecule has 0 aliphatic heterocycles. The van der Waals surface area contributed by atoms with E-state index in [0.717, 1.165) is 10.0 Å². The summed E-state index contributed by atoms with van der Waals surface area (Å²) >= 11 is 3.34. The minimum atomic E-state index is -3.59. The molecule has 0 radical (unpaired) electrons. The summed E-state index contributed by atoms with van der Waals surface area (Å²) in [6.07, 6.45) is 3.11. The molecule has 0 bridgehead atoms. The van der Waals surface area contributed by atoms with Crippen LogP contribution in [0.3, 0.4) is 0 Å². The average Bonchev–Trinajstić information content (AvgIpc) is 2.54. The second-order valence-electron chi connectivity index (χ2n) is 4.66. The topological polar surface area (TPSA) is 72.0 Å². The zero-order valence-corrected chi connectivity index (χ0v) is 13.8. The van der Waals surface area contributed by atoms with Gasteiger partial charge in [-0.2, -0.15) is 0 Å². The maximum Gasteiger partial charge on any atom is 0.240 e. The van der Waals surface area contributed by atoms with E-state index in [1.54, 1.807) is 12.3 Å². The monoisotopic (exact) mass is 377 g/mol. The summed E-state index contributed by atoms with van der Waals surface area (Å²) in [5.74, 6) is 0. The molecule has 22 heavy (non-hydrogen) atoms. The van der Waals surface area contributed by atoms with Crippen molar-refractivity contribution in [2.45, 2.75) is 11.4 Å². The molecule has 112 valence electrons. The first-order valence-electron chi connectivity index (χ1n) is 6.49. The molecule has 7 heteroatoms. The zero-order valence-electron chi connectivity index (χ0n) is 11.4. The van der Waals surface area contributed by atoms with E-state index in [1.165, 1.54) is 18.3 Å². The Balaban J connectivity index is 1.83. The quantitative estimate of drug-likeness (QED) is 0.758. The smallest absolute Gasteiger partial charge is 0.240 e. The van der Waals surface area contributed by atoms with Crippen molar-refractivity contribution in [2.75, 3.05) is 0 Å². The number of hydrogen-bond donors (Lipinski definition) is 1. The van der Waals surface area contributed by atoms with E-state index in [9.17, 15) is 8.42 Å². The first-order chi connectivity index (χ1) is 10.5. The third kappa shape index (κ3) is 3.32. The van der Waals surface area contributed by atoms with Gasteiger partial charge in [-0.15, -0.1) is 0 Å². The molecule has 0 aliphatic rings. The Morgan fingerprint density at radius 3 is 2.36 bits per heavy atom. The lowest BCUT2D eigenvalue weighted by Crippen LogP contribution is -2.23. The fourth-order valence-electron chi connectivity index (χ4n) is 1.97. The number of fused-ring (bicyclic) bond motifs is 1. The molecule has 3 rings (SSSR count). The van der Waals surface area contributed by atoms with Crippen molar-refractivity contribution in [2.24, 2.45) is 0 Å². The SMILES string of the molecule is O=S(=O)(NCc1ccc(Br)cc1)c1ccc2nccnc2c1. The molecule has 0 unspecified atom stereocenters. The fraction of sp³-hybridized carbons (Fsp3) is 0.0667. The molecule has 0 saturated heterocycles. The third-order valence-corrected chi connectivity index (χ3v) is 5.06. The van der Waals surface area contributed by atoms with Gasteiger partial charge in [0, 0.05) is 23.4 Å². The maximum absolute atomic E-state index is 12.3. The van der Waals surface area contributed by atoms with Crippen molar-refractivity contribution in [1.29, 1.82) is 0 Å². The Labute approximate surface area is 136 Å². The van der Waals surface area contributed by atoms with Gasteiger partial charge in [-0.3, -0.25) is 9.97 Å². The van der Waals surface area contributed by atoms with Crippen LogP contribution in [-0.4, -0.2) is 18.4 Å². The number of halogens is 1. The Morgan fingerprint density at radius 2 is 1.64 bits per heavy atom. The lowest BCUT2D eigenvalue weighted by atomic mass is 10.2. The summed E-state index contributed by atoms with van der Waals surface area (Å²) in [6, 6.07) is 12.2. The summed E-state index contributed by atoms with van der Waals surface area (Å²) in [4.78, 5) is 8.43. The van der Waals surface area contributed by atoms with Crippen molar-refractivity contribution >= 4 is 37.0 Å². The van der Waals surface area contributed by atoms with Gasteiger partial charge in [0.25, 0.3) is 0 Å². The molecular formula is C15H12BrN3O2S. The standard InChI is InChI=1S/C15H12BrN3O2S/c16-12-3-1-11(2-4-12)10-19-22(20,21)13-5-6-14-15(9-13)18-8-7-17-14/h1-9,19H,10H2. The first kappa shape index (κ1) is 15.1. The van der Waals surface area contributed by atoms with Crippen LogP contribution in [0.2, 0.25) is 0 Å². The van der Waals surface area contributed by atoms with Crippen LogP contribution < -0.4 is 4.72 Å². The van der Waals surface area contributed by atoms with Gasteiger partial charge in [-0.1, -0.05) is 28.1 Å². The predicted octanol–water partition coefficient (Wildman–Crippen LogP) is 2.87. The van der Waals surface area contributed by atoms with E-state index < -0.39 is 10.0 Å². The van der Waals surface area contributed by atoms with Crippen LogP contribution in [0.4, 0.5) is 0 Å². The molecule has 1 heterocycles. The van der Waals surface area contributed by atoms with E-state index in [0.29, 0.717) is 11.0 Å². The highest BCUT2D eigenvalue weighted by Gasteiger charge is 2.14. The van der Waals surface area contributed by atoms with Crippen LogP contribution in [0, 0.1) is 0 Å². The van der Waals surface area contributed by atoms with Crippen molar-refractivity contribution in [3.8, 4) is 0 Å². The van der Waals surface area contributed by atoms with Gasteiger partial charge in [0.15, 0.2) is 0 Å². The van der Waals surface area contributed by atoms with Crippen molar-refractivity contribution in [3.05, 3.63) is 64.9 Å². The lowest BCUT2D eigenvalue weighted by molar-refractivity contribution is 0.581. The number of benzene rings is 2. The van der Waals surface area contributed by atoms with E-state index >= 15 is 0 Å². The van der Waals surface area contributed by atoms with Gasteiger partial charge in [-0.25, -0.2) is 13.1 Å². The fourth-order valence-corrected chi connectivity index (χ4v) is 3.28. The summed E-state index contributed by atoms with van der Waals surface area (Å²) in [5, 5.41) is 0. The number of hydrogen-bond acceptors (Lipinski definition) is 4. The molecule has 0 amide bonds. The van der Waals surface area contributed by atoms with Gasteiger partial charge in [0.05, 0.1) is 15.9 Å².